The Kier molecular flexibility index (Phi) is 9.73. The molecule has 180 valence electrons. The normalized spacial score (nSPS) is 12.2. The van der Waals surface area contributed by atoms with Crippen molar-refractivity contribution in [1.82, 2.24) is 10.2 Å². The molecule has 33 heavy (non-hydrogen) atoms. The summed E-state index contributed by atoms with van der Waals surface area (Å²) in [6, 6.07) is 13.6. The van der Waals surface area contributed by atoms with Gasteiger partial charge in [0.05, 0.1) is 11.9 Å². The predicted molar refractivity (Wildman–Crippen MR) is 133 cm³/mol. The highest BCUT2D eigenvalue weighted by Gasteiger charge is 2.26. The largest absolute Gasteiger partial charge is 0.355 e. The van der Waals surface area contributed by atoms with Gasteiger partial charge < -0.3 is 10.2 Å². The Labute approximate surface area is 201 Å². The number of aryl methyl sites for hydroxylation is 1. The Morgan fingerprint density at radius 2 is 1.73 bits per heavy atom. The van der Waals surface area contributed by atoms with Gasteiger partial charge in [-0.3, -0.25) is 13.9 Å². The number of carbonyl (C=O) groups is 2. The number of benzene rings is 2. The molecule has 0 fully saturated rings. The Hall–Kier alpha value is -2.58. The number of nitrogens with one attached hydrogen (secondary N) is 1. The van der Waals surface area contributed by atoms with E-state index in [1.165, 1.54) is 4.31 Å². The van der Waals surface area contributed by atoms with E-state index in [9.17, 15) is 18.0 Å². The van der Waals surface area contributed by atoms with Crippen LogP contribution < -0.4 is 9.62 Å². The summed E-state index contributed by atoms with van der Waals surface area (Å²) >= 11 is 5.92. The van der Waals surface area contributed by atoms with Gasteiger partial charge in [-0.25, -0.2) is 8.42 Å². The van der Waals surface area contributed by atoms with Crippen molar-refractivity contribution in [3.63, 3.8) is 0 Å². The molecule has 2 amide bonds. The minimum Gasteiger partial charge on any atom is -0.355 e. The zero-order valence-corrected chi connectivity index (χ0v) is 21.1. The zero-order valence-electron chi connectivity index (χ0n) is 19.5. The van der Waals surface area contributed by atoms with E-state index in [-0.39, 0.29) is 24.8 Å². The monoisotopic (exact) mass is 493 g/mol. The van der Waals surface area contributed by atoms with Crippen LogP contribution in [0.1, 0.15) is 37.8 Å². The molecular formula is C24H32ClN3O4S. The lowest BCUT2D eigenvalue weighted by Crippen LogP contribution is -2.47. The highest BCUT2D eigenvalue weighted by Crippen LogP contribution is 2.21. The van der Waals surface area contributed by atoms with Gasteiger partial charge in [0.1, 0.15) is 6.04 Å². The summed E-state index contributed by atoms with van der Waals surface area (Å²) in [6.45, 7) is 6.41. The minimum absolute atomic E-state index is 0.106. The molecule has 0 aliphatic carbocycles. The van der Waals surface area contributed by atoms with Crippen LogP contribution in [0.25, 0.3) is 0 Å². The molecule has 0 aliphatic heterocycles. The third kappa shape index (κ3) is 7.75. The fourth-order valence-electron chi connectivity index (χ4n) is 3.49. The minimum atomic E-state index is -3.54. The lowest BCUT2D eigenvalue weighted by Gasteiger charge is -2.30. The fraction of sp³-hybridized carbons (Fsp3) is 0.417. The second kappa shape index (κ2) is 12.0. The Morgan fingerprint density at radius 1 is 1.09 bits per heavy atom. The van der Waals surface area contributed by atoms with Crippen molar-refractivity contribution in [2.45, 2.75) is 46.2 Å². The Morgan fingerprint density at radius 3 is 2.30 bits per heavy atom. The first-order valence-electron chi connectivity index (χ1n) is 10.9. The number of rotatable bonds is 11. The van der Waals surface area contributed by atoms with Gasteiger partial charge >= 0.3 is 0 Å². The van der Waals surface area contributed by atoms with Crippen molar-refractivity contribution in [2.75, 3.05) is 23.7 Å². The second-order valence-electron chi connectivity index (χ2n) is 7.93. The van der Waals surface area contributed by atoms with Crippen LogP contribution in [0.5, 0.6) is 0 Å². The highest BCUT2D eigenvalue weighted by atomic mass is 35.5. The molecule has 2 aromatic carbocycles. The number of anilines is 1. The molecule has 0 aromatic heterocycles. The number of nitrogens with zero attached hydrogens (tertiary/aromatic N) is 2. The summed E-state index contributed by atoms with van der Waals surface area (Å²) in [5.74, 6) is -0.431. The third-order valence-corrected chi connectivity index (χ3v) is 6.83. The maximum atomic E-state index is 13.2. The van der Waals surface area contributed by atoms with Crippen LogP contribution in [0.2, 0.25) is 5.02 Å². The summed E-state index contributed by atoms with van der Waals surface area (Å²) in [6.07, 6.45) is 1.54. The Bertz CT molecular complexity index is 1060. The van der Waals surface area contributed by atoms with E-state index in [0.29, 0.717) is 30.2 Å². The topological polar surface area (TPSA) is 86.8 Å². The zero-order chi connectivity index (χ0) is 24.6. The van der Waals surface area contributed by atoms with Crippen LogP contribution in [-0.4, -0.2) is 50.5 Å². The quantitative estimate of drug-likeness (QED) is 0.516. The van der Waals surface area contributed by atoms with Gasteiger partial charge in [0.25, 0.3) is 0 Å². The van der Waals surface area contributed by atoms with Gasteiger partial charge in [0, 0.05) is 31.1 Å². The standard InChI is InChI=1S/C24H32ClN3O4S/c1-5-26-24(30)19(3)27(17-20-10-7-6-9-18(20)2)23(29)11-8-16-28(33(4,31)32)22-14-12-21(25)13-15-22/h6-7,9-10,12-15,19H,5,8,11,16-17H2,1-4H3,(H,26,30)/t19-/m0/s1. The molecule has 0 aliphatic rings. The first-order chi connectivity index (χ1) is 15.5. The first-order valence-corrected chi connectivity index (χ1v) is 13.1. The molecule has 0 saturated carbocycles. The average Bonchev–Trinajstić information content (AvgIpc) is 2.75. The van der Waals surface area contributed by atoms with Crippen molar-refractivity contribution in [3.05, 3.63) is 64.7 Å². The molecule has 0 saturated heterocycles. The van der Waals surface area contributed by atoms with E-state index in [0.717, 1.165) is 17.4 Å². The van der Waals surface area contributed by atoms with Gasteiger partial charge in [-0.15, -0.1) is 0 Å². The SMILES string of the molecule is CCNC(=O)[C@H](C)N(Cc1ccccc1C)C(=O)CCCN(c1ccc(Cl)cc1)S(C)(=O)=O. The van der Waals surface area contributed by atoms with Crippen LogP contribution >= 0.6 is 11.6 Å². The van der Waals surface area contributed by atoms with E-state index in [1.807, 2.05) is 38.1 Å². The van der Waals surface area contributed by atoms with Crippen molar-refractivity contribution in [2.24, 2.45) is 0 Å². The molecule has 0 radical (unpaired) electrons. The van der Waals surface area contributed by atoms with E-state index < -0.39 is 16.1 Å². The molecule has 0 spiro atoms. The molecule has 2 aromatic rings. The Balaban J connectivity index is 2.15. The molecule has 0 bridgehead atoms. The number of sulfonamides is 1. The third-order valence-electron chi connectivity index (χ3n) is 5.39. The maximum absolute atomic E-state index is 13.2. The highest BCUT2D eigenvalue weighted by molar-refractivity contribution is 7.92. The molecule has 7 nitrogen and oxygen atoms in total. The summed E-state index contributed by atoms with van der Waals surface area (Å²) in [5, 5.41) is 3.28. The first kappa shape index (κ1) is 26.7. The van der Waals surface area contributed by atoms with E-state index in [2.05, 4.69) is 5.32 Å². The summed E-state index contributed by atoms with van der Waals surface area (Å²) < 4.78 is 25.9. The summed E-state index contributed by atoms with van der Waals surface area (Å²) in [7, 11) is -3.54. The smallest absolute Gasteiger partial charge is 0.242 e. The average molecular weight is 494 g/mol. The van der Waals surface area contributed by atoms with Crippen LogP contribution in [0.4, 0.5) is 5.69 Å². The van der Waals surface area contributed by atoms with Crippen LogP contribution in [-0.2, 0) is 26.2 Å². The summed E-state index contributed by atoms with van der Waals surface area (Å²) in [5.41, 5.74) is 2.48. The predicted octanol–water partition coefficient (Wildman–Crippen LogP) is 3.75. The van der Waals surface area contributed by atoms with Gasteiger partial charge in [-0.05, 0) is 62.6 Å². The van der Waals surface area contributed by atoms with Gasteiger partial charge in [0.15, 0.2) is 0 Å². The van der Waals surface area contributed by atoms with Crippen LogP contribution in [0.15, 0.2) is 48.5 Å². The van der Waals surface area contributed by atoms with Gasteiger partial charge in [0.2, 0.25) is 21.8 Å². The number of carbonyl (C=O) groups excluding carboxylic acids is 2. The van der Waals surface area contributed by atoms with Crippen LogP contribution in [0.3, 0.4) is 0 Å². The van der Waals surface area contributed by atoms with E-state index in [1.54, 1.807) is 36.1 Å². The molecule has 0 heterocycles. The molecule has 9 heteroatoms. The number of likely N-dealkylation sites (N-methyl/N-ethyl adjacent to an activating group) is 1. The van der Waals surface area contributed by atoms with E-state index >= 15 is 0 Å². The fourth-order valence-corrected chi connectivity index (χ4v) is 4.58. The van der Waals surface area contributed by atoms with Gasteiger partial charge in [-0.1, -0.05) is 35.9 Å². The molecular weight excluding hydrogens is 462 g/mol. The van der Waals surface area contributed by atoms with Crippen molar-refractivity contribution >= 4 is 39.1 Å². The van der Waals surface area contributed by atoms with Gasteiger partial charge in [-0.2, -0.15) is 0 Å². The van der Waals surface area contributed by atoms with Crippen LogP contribution in [0, 0.1) is 6.92 Å². The number of halogens is 1. The number of amides is 2. The summed E-state index contributed by atoms with van der Waals surface area (Å²) in [4.78, 5) is 27.2. The second-order valence-corrected chi connectivity index (χ2v) is 10.3. The van der Waals surface area contributed by atoms with Crippen molar-refractivity contribution < 1.29 is 18.0 Å². The lowest BCUT2D eigenvalue weighted by molar-refractivity contribution is -0.140. The number of hydrogen-bond acceptors (Lipinski definition) is 4. The molecule has 1 atom stereocenters. The molecule has 0 unspecified atom stereocenters. The van der Waals surface area contributed by atoms with E-state index in [4.69, 9.17) is 11.6 Å². The number of hydrogen-bond donors (Lipinski definition) is 1. The van der Waals surface area contributed by atoms with Crippen molar-refractivity contribution in [3.8, 4) is 0 Å². The lowest BCUT2D eigenvalue weighted by atomic mass is 10.1. The maximum Gasteiger partial charge on any atom is 0.242 e. The molecule has 2 rings (SSSR count). The van der Waals surface area contributed by atoms with Crippen molar-refractivity contribution in [1.29, 1.82) is 0 Å². The molecule has 1 N–H and O–H groups in total.